The van der Waals surface area contributed by atoms with Gasteiger partial charge in [0, 0.05) is 18.8 Å². The predicted molar refractivity (Wildman–Crippen MR) is 88.4 cm³/mol. The third-order valence-corrected chi connectivity index (χ3v) is 3.70. The van der Waals surface area contributed by atoms with Crippen LogP contribution >= 0.6 is 0 Å². The Labute approximate surface area is 128 Å². The first-order chi connectivity index (χ1) is 10.0. The maximum Gasteiger partial charge on any atom is 0.0644 e. The second-order valence-electron chi connectivity index (χ2n) is 6.18. The summed E-state index contributed by atoms with van der Waals surface area (Å²) in [5.41, 5.74) is 5.09. The lowest BCUT2D eigenvalue weighted by Gasteiger charge is -2.19. The van der Waals surface area contributed by atoms with E-state index in [1.807, 2.05) is 11.7 Å². The number of benzene rings is 1. The van der Waals surface area contributed by atoms with Crippen LogP contribution in [0.5, 0.6) is 0 Å². The number of aromatic nitrogens is 2. The lowest BCUT2D eigenvalue weighted by atomic mass is 9.95. The van der Waals surface area contributed by atoms with Gasteiger partial charge < -0.3 is 5.32 Å². The summed E-state index contributed by atoms with van der Waals surface area (Å²) >= 11 is 0. The van der Waals surface area contributed by atoms with Crippen LogP contribution < -0.4 is 5.32 Å². The molecule has 3 heteroatoms. The van der Waals surface area contributed by atoms with Gasteiger partial charge in [0.05, 0.1) is 11.7 Å². The first-order valence-corrected chi connectivity index (χ1v) is 7.83. The van der Waals surface area contributed by atoms with E-state index in [1.165, 1.54) is 16.7 Å². The Morgan fingerprint density at radius 1 is 1.29 bits per heavy atom. The van der Waals surface area contributed by atoms with Crippen molar-refractivity contribution in [3.63, 3.8) is 0 Å². The number of nitrogens with zero attached hydrogens (tertiary/aromatic N) is 2. The molecule has 1 aromatic carbocycles. The van der Waals surface area contributed by atoms with Crippen molar-refractivity contribution in [2.24, 2.45) is 13.0 Å². The van der Waals surface area contributed by atoms with Crippen LogP contribution in [-0.4, -0.2) is 16.3 Å². The molecule has 2 rings (SSSR count). The summed E-state index contributed by atoms with van der Waals surface area (Å²) in [6.45, 7) is 9.70. The van der Waals surface area contributed by atoms with Gasteiger partial charge in [-0.15, -0.1) is 0 Å². The second-order valence-corrected chi connectivity index (χ2v) is 6.18. The quantitative estimate of drug-likeness (QED) is 0.878. The molecule has 0 saturated carbocycles. The first-order valence-electron chi connectivity index (χ1n) is 7.83. The Hall–Kier alpha value is -1.61. The van der Waals surface area contributed by atoms with Crippen LogP contribution in [0.2, 0.25) is 0 Å². The van der Waals surface area contributed by atoms with Crippen molar-refractivity contribution >= 4 is 0 Å². The number of aryl methyl sites for hydroxylation is 2. The lowest BCUT2D eigenvalue weighted by molar-refractivity contribution is 0.621. The summed E-state index contributed by atoms with van der Waals surface area (Å²) in [7, 11) is 1.98. The molecule has 0 aliphatic rings. The summed E-state index contributed by atoms with van der Waals surface area (Å²) in [5, 5.41) is 8.08. The Morgan fingerprint density at radius 2 is 2.05 bits per heavy atom. The highest BCUT2D eigenvalue weighted by atomic mass is 15.3. The van der Waals surface area contributed by atoms with E-state index < -0.39 is 0 Å². The van der Waals surface area contributed by atoms with Crippen molar-refractivity contribution < 1.29 is 0 Å². The highest BCUT2D eigenvalue weighted by Gasteiger charge is 2.18. The third kappa shape index (κ3) is 3.94. The van der Waals surface area contributed by atoms with Gasteiger partial charge in [-0.05, 0) is 36.9 Å². The van der Waals surface area contributed by atoms with Gasteiger partial charge in [-0.25, -0.2) is 0 Å². The van der Waals surface area contributed by atoms with Crippen molar-refractivity contribution in [3.8, 4) is 0 Å². The normalized spacial score (nSPS) is 12.9. The number of rotatable bonds is 6. The van der Waals surface area contributed by atoms with Crippen LogP contribution in [-0.2, 0) is 13.5 Å². The maximum atomic E-state index is 4.49. The standard InChI is InChI=1S/C18H27N3/c1-6-19-18(17-12-21(5)20-14(17)4)16-9-7-8-15(11-16)10-13(2)3/h7-9,11-13,18-19H,6,10H2,1-5H3. The average molecular weight is 285 g/mol. The van der Waals surface area contributed by atoms with Gasteiger partial charge in [0.25, 0.3) is 0 Å². The minimum Gasteiger partial charge on any atom is -0.306 e. The van der Waals surface area contributed by atoms with Crippen LogP contribution in [0.3, 0.4) is 0 Å². The summed E-state index contributed by atoms with van der Waals surface area (Å²) < 4.78 is 1.90. The van der Waals surface area contributed by atoms with E-state index >= 15 is 0 Å². The van der Waals surface area contributed by atoms with Crippen LogP contribution in [0.15, 0.2) is 30.5 Å². The van der Waals surface area contributed by atoms with Crippen LogP contribution in [0.25, 0.3) is 0 Å². The molecule has 1 heterocycles. The molecule has 0 fully saturated rings. The van der Waals surface area contributed by atoms with E-state index in [2.05, 4.69) is 68.6 Å². The van der Waals surface area contributed by atoms with E-state index in [0.29, 0.717) is 5.92 Å². The largest absolute Gasteiger partial charge is 0.306 e. The Morgan fingerprint density at radius 3 is 2.62 bits per heavy atom. The molecule has 0 saturated heterocycles. The summed E-state index contributed by atoms with van der Waals surface area (Å²) in [6.07, 6.45) is 3.25. The number of hydrogen-bond acceptors (Lipinski definition) is 2. The fourth-order valence-electron chi connectivity index (χ4n) is 2.88. The topological polar surface area (TPSA) is 29.9 Å². The molecule has 3 nitrogen and oxygen atoms in total. The predicted octanol–water partition coefficient (Wildman–Crippen LogP) is 3.63. The summed E-state index contributed by atoms with van der Waals surface area (Å²) in [5.74, 6) is 0.679. The fourth-order valence-corrected chi connectivity index (χ4v) is 2.88. The Bertz CT molecular complexity index is 584. The van der Waals surface area contributed by atoms with Gasteiger partial charge in [0.2, 0.25) is 0 Å². The van der Waals surface area contributed by atoms with Crippen molar-refractivity contribution in [2.45, 2.75) is 40.2 Å². The van der Waals surface area contributed by atoms with Crippen LogP contribution in [0, 0.1) is 12.8 Å². The van der Waals surface area contributed by atoms with Crippen LogP contribution in [0.4, 0.5) is 0 Å². The zero-order valence-electron chi connectivity index (χ0n) is 13.9. The minimum absolute atomic E-state index is 0.218. The van der Waals surface area contributed by atoms with Crippen molar-refractivity contribution in [2.75, 3.05) is 6.54 Å². The van der Waals surface area contributed by atoms with E-state index in [1.54, 1.807) is 0 Å². The third-order valence-electron chi connectivity index (χ3n) is 3.70. The minimum atomic E-state index is 0.218. The molecule has 1 atom stereocenters. The van der Waals surface area contributed by atoms with Gasteiger partial charge in [-0.1, -0.05) is 45.0 Å². The molecule has 2 aromatic rings. The molecular weight excluding hydrogens is 258 g/mol. The average Bonchev–Trinajstić information content (AvgIpc) is 2.74. The zero-order chi connectivity index (χ0) is 15.4. The monoisotopic (exact) mass is 285 g/mol. The van der Waals surface area contributed by atoms with E-state index in [4.69, 9.17) is 0 Å². The number of nitrogens with one attached hydrogen (secondary N) is 1. The number of hydrogen-bond donors (Lipinski definition) is 1. The van der Waals surface area contributed by atoms with Gasteiger partial charge in [0.15, 0.2) is 0 Å². The molecule has 0 aliphatic heterocycles. The van der Waals surface area contributed by atoms with Crippen molar-refractivity contribution in [3.05, 3.63) is 52.8 Å². The molecule has 1 aromatic heterocycles. The molecule has 114 valence electrons. The van der Waals surface area contributed by atoms with E-state index in [9.17, 15) is 0 Å². The molecule has 1 N–H and O–H groups in total. The molecule has 0 aliphatic carbocycles. The molecular formula is C18H27N3. The second kappa shape index (κ2) is 6.90. The van der Waals surface area contributed by atoms with Crippen molar-refractivity contribution in [1.82, 2.24) is 15.1 Å². The highest BCUT2D eigenvalue weighted by molar-refractivity contribution is 5.35. The summed E-state index contributed by atoms with van der Waals surface area (Å²) in [4.78, 5) is 0. The Balaban J connectivity index is 2.36. The summed E-state index contributed by atoms with van der Waals surface area (Å²) in [6, 6.07) is 9.16. The Kier molecular flexibility index (Phi) is 5.18. The van der Waals surface area contributed by atoms with Crippen LogP contribution in [0.1, 0.15) is 49.2 Å². The maximum absolute atomic E-state index is 4.49. The van der Waals surface area contributed by atoms with Gasteiger partial charge in [-0.2, -0.15) is 5.10 Å². The van der Waals surface area contributed by atoms with Gasteiger partial charge in [0.1, 0.15) is 0 Å². The first kappa shape index (κ1) is 15.8. The van der Waals surface area contributed by atoms with Crippen molar-refractivity contribution in [1.29, 1.82) is 0 Å². The zero-order valence-corrected chi connectivity index (χ0v) is 13.9. The van der Waals surface area contributed by atoms with Gasteiger partial charge >= 0.3 is 0 Å². The molecule has 0 radical (unpaired) electrons. The highest BCUT2D eigenvalue weighted by Crippen LogP contribution is 2.25. The van der Waals surface area contributed by atoms with E-state index in [0.717, 1.165) is 18.7 Å². The smallest absolute Gasteiger partial charge is 0.0644 e. The molecule has 1 unspecified atom stereocenters. The fraction of sp³-hybridized carbons (Fsp3) is 0.500. The van der Waals surface area contributed by atoms with Gasteiger partial charge in [-0.3, -0.25) is 4.68 Å². The lowest BCUT2D eigenvalue weighted by Crippen LogP contribution is -2.22. The molecule has 0 bridgehead atoms. The molecule has 0 spiro atoms. The molecule has 0 amide bonds. The van der Waals surface area contributed by atoms with E-state index in [-0.39, 0.29) is 6.04 Å². The molecule has 21 heavy (non-hydrogen) atoms. The SMILES string of the molecule is CCNC(c1cccc(CC(C)C)c1)c1cn(C)nc1C.